The summed E-state index contributed by atoms with van der Waals surface area (Å²) < 4.78 is 0. The van der Waals surface area contributed by atoms with E-state index in [0.29, 0.717) is 11.2 Å². The van der Waals surface area contributed by atoms with Crippen LogP contribution in [0.4, 0.5) is 0 Å². The van der Waals surface area contributed by atoms with Crippen molar-refractivity contribution < 1.29 is 0 Å². The SMILES string of the molecule is CC(CNCc1cccnc1Cl)N(C)C. The lowest BCUT2D eigenvalue weighted by atomic mass is 10.2. The van der Waals surface area contributed by atoms with Gasteiger partial charge in [-0.1, -0.05) is 17.7 Å². The predicted molar refractivity (Wildman–Crippen MR) is 64.1 cm³/mol. The minimum absolute atomic E-state index is 0.514. The molecule has 1 unspecified atom stereocenters. The van der Waals surface area contributed by atoms with Crippen LogP contribution in [-0.2, 0) is 6.54 Å². The summed E-state index contributed by atoms with van der Waals surface area (Å²) in [5.74, 6) is 0. The maximum absolute atomic E-state index is 5.94. The van der Waals surface area contributed by atoms with Crippen molar-refractivity contribution >= 4 is 11.6 Å². The van der Waals surface area contributed by atoms with Gasteiger partial charge >= 0.3 is 0 Å². The molecule has 0 fully saturated rings. The molecule has 15 heavy (non-hydrogen) atoms. The Labute approximate surface area is 96.5 Å². The van der Waals surface area contributed by atoms with E-state index in [1.807, 2.05) is 12.1 Å². The van der Waals surface area contributed by atoms with Gasteiger partial charge in [-0.25, -0.2) is 4.98 Å². The molecule has 1 aromatic rings. The second kappa shape index (κ2) is 6.05. The van der Waals surface area contributed by atoms with Crippen LogP contribution in [-0.4, -0.2) is 36.6 Å². The van der Waals surface area contributed by atoms with Crippen LogP contribution in [0.15, 0.2) is 18.3 Å². The molecule has 0 aliphatic rings. The van der Waals surface area contributed by atoms with Crippen LogP contribution in [0, 0.1) is 0 Å². The van der Waals surface area contributed by atoms with Gasteiger partial charge in [0.2, 0.25) is 0 Å². The smallest absolute Gasteiger partial charge is 0.133 e. The van der Waals surface area contributed by atoms with Crippen molar-refractivity contribution in [1.82, 2.24) is 15.2 Å². The normalized spacial score (nSPS) is 13.1. The van der Waals surface area contributed by atoms with Crippen molar-refractivity contribution in [3.05, 3.63) is 29.0 Å². The van der Waals surface area contributed by atoms with Gasteiger partial charge < -0.3 is 10.2 Å². The number of nitrogens with one attached hydrogen (secondary N) is 1. The molecule has 1 N–H and O–H groups in total. The fourth-order valence-electron chi connectivity index (χ4n) is 1.15. The lowest BCUT2D eigenvalue weighted by molar-refractivity contribution is 0.302. The molecule has 0 amide bonds. The third-order valence-electron chi connectivity index (χ3n) is 2.47. The van der Waals surface area contributed by atoms with Gasteiger partial charge in [0.05, 0.1) is 0 Å². The summed E-state index contributed by atoms with van der Waals surface area (Å²) in [6.45, 7) is 3.89. The van der Waals surface area contributed by atoms with Crippen LogP contribution in [0.2, 0.25) is 5.15 Å². The molecule has 0 bridgehead atoms. The van der Waals surface area contributed by atoms with Crippen LogP contribution in [0.5, 0.6) is 0 Å². The second-order valence-corrected chi connectivity index (χ2v) is 4.25. The van der Waals surface area contributed by atoms with Crippen LogP contribution < -0.4 is 5.32 Å². The molecule has 0 aliphatic carbocycles. The minimum atomic E-state index is 0.514. The van der Waals surface area contributed by atoms with Crippen molar-refractivity contribution in [2.24, 2.45) is 0 Å². The van der Waals surface area contributed by atoms with Gasteiger partial charge in [0.15, 0.2) is 0 Å². The Hall–Kier alpha value is -0.640. The standard InChI is InChI=1S/C11H18ClN3/c1-9(15(2)3)7-13-8-10-5-4-6-14-11(10)12/h4-6,9,13H,7-8H2,1-3H3. The van der Waals surface area contributed by atoms with E-state index >= 15 is 0 Å². The van der Waals surface area contributed by atoms with E-state index in [2.05, 4.69) is 36.2 Å². The lowest BCUT2D eigenvalue weighted by Gasteiger charge is -2.20. The molecule has 4 heteroatoms. The quantitative estimate of drug-likeness (QED) is 0.778. The number of hydrogen-bond acceptors (Lipinski definition) is 3. The third-order valence-corrected chi connectivity index (χ3v) is 2.81. The van der Waals surface area contributed by atoms with Crippen LogP contribution in [0.1, 0.15) is 12.5 Å². The molecule has 0 saturated heterocycles. The summed E-state index contributed by atoms with van der Waals surface area (Å²) >= 11 is 5.94. The number of nitrogens with zero attached hydrogens (tertiary/aromatic N) is 2. The summed E-state index contributed by atoms with van der Waals surface area (Å²) in [6, 6.07) is 4.40. The third kappa shape index (κ3) is 4.16. The van der Waals surface area contributed by atoms with Gasteiger partial charge in [0, 0.05) is 30.9 Å². The van der Waals surface area contributed by atoms with Crippen molar-refractivity contribution in [1.29, 1.82) is 0 Å². The zero-order valence-corrected chi connectivity index (χ0v) is 10.3. The molecular weight excluding hydrogens is 210 g/mol. The lowest BCUT2D eigenvalue weighted by Crippen LogP contribution is -2.35. The first kappa shape index (κ1) is 12.4. The summed E-state index contributed by atoms with van der Waals surface area (Å²) in [5, 5.41) is 3.94. The van der Waals surface area contributed by atoms with Crippen molar-refractivity contribution in [2.45, 2.75) is 19.5 Å². The number of hydrogen-bond donors (Lipinski definition) is 1. The highest BCUT2D eigenvalue weighted by molar-refractivity contribution is 6.30. The zero-order chi connectivity index (χ0) is 11.3. The van der Waals surface area contributed by atoms with E-state index in [0.717, 1.165) is 18.7 Å². The highest BCUT2D eigenvalue weighted by Gasteiger charge is 2.04. The summed E-state index contributed by atoms with van der Waals surface area (Å²) in [6.07, 6.45) is 1.70. The van der Waals surface area contributed by atoms with E-state index in [9.17, 15) is 0 Å². The molecule has 1 aromatic heterocycles. The van der Waals surface area contributed by atoms with Crippen molar-refractivity contribution in [2.75, 3.05) is 20.6 Å². The van der Waals surface area contributed by atoms with Crippen molar-refractivity contribution in [3.8, 4) is 0 Å². The first-order valence-electron chi connectivity index (χ1n) is 5.08. The average Bonchev–Trinajstić information content (AvgIpc) is 2.20. The molecule has 0 aliphatic heterocycles. The Morgan fingerprint density at radius 2 is 2.27 bits per heavy atom. The topological polar surface area (TPSA) is 28.2 Å². The highest BCUT2D eigenvalue weighted by atomic mass is 35.5. The second-order valence-electron chi connectivity index (χ2n) is 3.90. The highest BCUT2D eigenvalue weighted by Crippen LogP contribution is 2.10. The van der Waals surface area contributed by atoms with Crippen LogP contribution in [0.3, 0.4) is 0 Å². The molecule has 0 radical (unpaired) electrons. The number of pyridine rings is 1. The Morgan fingerprint density at radius 1 is 1.53 bits per heavy atom. The van der Waals surface area contributed by atoms with E-state index < -0.39 is 0 Å². The number of likely N-dealkylation sites (N-methyl/N-ethyl adjacent to an activating group) is 1. The van der Waals surface area contributed by atoms with Gasteiger partial charge in [0.1, 0.15) is 5.15 Å². The first-order chi connectivity index (χ1) is 7.11. The van der Waals surface area contributed by atoms with Crippen molar-refractivity contribution in [3.63, 3.8) is 0 Å². The molecule has 1 heterocycles. The molecule has 1 atom stereocenters. The molecule has 0 aromatic carbocycles. The zero-order valence-electron chi connectivity index (χ0n) is 9.50. The van der Waals surface area contributed by atoms with Gasteiger partial charge in [-0.05, 0) is 27.1 Å². The fraction of sp³-hybridized carbons (Fsp3) is 0.545. The van der Waals surface area contributed by atoms with E-state index in [1.165, 1.54) is 0 Å². The Kier molecular flexibility index (Phi) is 5.02. The minimum Gasteiger partial charge on any atom is -0.311 e. The Bertz CT molecular complexity index is 302. The molecule has 0 spiro atoms. The van der Waals surface area contributed by atoms with Crippen LogP contribution >= 0.6 is 11.6 Å². The number of rotatable bonds is 5. The van der Waals surface area contributed by atoms with E-state index in [1.54, 1.807) is 6.20 Å². The monoisotopic (exact) mass is 227 g/mol. The molecule has 84 valence electrons. The summed E-state index contributed by atoms with van der Waals surface area (Å²) in [7, 11) is 4.15. The molecule has 0 saturated carbocycles. The molecule has 1 rings (SSSR count). The number of halogens is 1. The van der Waals surface area contributed by atoms with E-state index in [4.69, 9.17) is 11.6 Å². The van der Waals surface area contributed by atoms with E-state index in [-0.39, 0.29) is 0 Å². The van der Waals surface area contributed by atoms with Gasteiger partial charge in [-0.2, -0.15) is 0 Å². The van der Waals surface area contributed by atoms with Gasteiger partial charge in [-0.15, -0.1) is 0 Å². The summed E-state index contributed by atoms with van der Waals surface area (Å²) in [4.78, 5) is 6.21. The van der Waals surface area contributed by atoms with Gasteiger partial charge in [-0.3, -0.25) is 0 Å². The maximum Gasteiger partial charge on any atom is 0.133 e. The molecular formula is C11H18ClN3. The molecule has 3 nitrogen and oxygen atoms in total. The average molecular weight is 228 g/mol. The maximum atomic E-state index is 5.94. The number of aromatic nitrogens is 1. The van der Waals surface area contributed by atoms with Crippen LogP contribution in [0.25, 0.3) is 0 Å². The summed E-state index contributed by atoms with van der Waals surface area (Å²) in [5.41, 5.74) is 1.05. The van der Waals surface area contributed by atoms with Gasteiger partial charge in [0.25, 0.3) is 0 Å². The predicted octanol–water partition coefficient (Wildman–Crippen LogP) is 1.77. The Balaban J connectivity index is 2.35. The fourth-order valence-corrected chi connectivity index (χ4v) is 1.34. The largest absolute Gasteiger partial charge is 0.311 e. The first-order valence-corrected chi connectivity index (χ1v) is 5.45. The Morgan fingerprint density at radius 3 is 2.87 bits per heavy atom.